The van der Waals surface area contributed by atoms with Gasteiger partial charge < -0.3 is 10.1 Å². The summed E-state index contributed by atoms with van der Waals surface area (Å²) in [6, 6.07) is 6.71. The summed E-state index contributed by atoms with van der Waals surface area (Å²) in [4.78, 5) is 8.28. The highest BCUT2D eigenvalue weighted by Crippen LogP contribution is 2.26. The minimum Gasteiger partial charge on any atom is -0.473 e. The molecule has 1 atom stereocenters. The first-order chi connectivity index (χ1) is 9.56. The number of nitrogens with zero attached hydrogens (tertiary/aromatic N) is 2. The first-order valence-corrected chi connectivity index (χ1v) is 6.56. The molecule has 0 radical (unpaired) electrons. The van der Waals surface area contributed by atoms with Crippen LogP contribution in [0.2, 0.25) is 0 Å². The highest BCUT2D eigenvalue weighted by atomic mass is 19.1. The van der Waals surface area contributed by atoms with Crippen LogP contribution in [0.15, 0.2) is 36.7 Å². The van der Waals surface area contributed by atoms with Gasteiger partial charge in [-0.2, -0.15) is 0 Å². The van der Waals surface area contributed by atoms with Crippen LogP contribution in [0.25, 0.3) is 0 Å². The summed E-state index contributed by atoms with van der Waals surface area (Å²) in [5, 5.41) is 3.28. The number of rotatable bonds is 5. The van der Waals surface area contributed by atoms with E-state index in [1.807, 2.05) is 32.9 Å². The van der Waals surface area contributed by atoms with Gasteiger partial charge in [0.1, 0.15) is 5.82 Å². The zero-order valence-electron chi connectivity index (χ0n) is 11.8. The van der Waals surface area contributed by atoms with Crippen LogP contribution in [0.4, 0.5) is 10.1 Å². The second-order valence-electron chi connectivity index (χ2n) is 4.79. The highest BCUT2D eigenvalue weighted by Gasteiger charge is 2.12. The van der Waals surface area contributed by atoms with Crippen molar-refractivity contribution in [1.29, 1.82) is 0 Å². The monoisotopic (exact) mass is 275 g/mol. The minimum absolute atomic E-state index is 0.0460. The molecule has 0 amide bonds. The third-order valence-corrected chi connectivity index (χ3v) is 2.68. The van der Waals surface area contributed by atoms with E-state index in [9.17, 15) is 4.39 Å². The van der Waals surface area contributed by atoms with E-state index in [1.165, 1.54) is 12.3 Å². The third-order valence-electron chi connectivity index (χ3n) is 2.68. The summed E-state index contributed by atoms with van der Waals surface area (Å²) in [6.45, 7) is 5.85. The standard InChI is InChI=1S/C15H18FN3O/c1-10(2)20-15-14(5-4-8-17-15)19-11(3)13-7-6-12(16)9-18-13/h4-11,19H,1-3H3. The second kappa shape index (κ2) is 6.32. The smallest absolute Gasteiger partial charge is 0.237 e. The number of ether oxygens (including phenoxy) is 1. The number of pyridine rings is 2. The summed E-state index contributed by atoms with van der Waals surface area (Å²) in [7, 11) is 0. The van der Waals surface area contributed by atoms with Gasteiger partial charge in [-0.1, -0.05) is 0 Å². The zero-order valence-corrected chi connectivity index (χ0v) is 11.8. The molecule has 1 N–H and O–H groups in total. The quantitative estimate of drug-likeness (QED) is 0.906. The predicted octanol–water partition coefficient (Wildman–Crippen LogP) is 3.58. The summed E-state index contributed by atoms with van der Waals surface area (Å²) in [5.41, 5.74) is 1.55. The van der Waals surface area contributed by atoms with Crippen molar-refractivity contribution in [3.63, 3.8) is 0 Å². The number of nitrogens with one attached hydrogen (secondary N) is 1. The van der Waals surface area contributed by atoms with Crippen molar-refractivity contribution >= 4 is 5.69 Å². The van der Waals surface area contributed by atoms with Gasteiger partial charge in [0.05, 0.1) is 29.7 Å². The van der Waals surface area contributed by atoms with E-state index in [1.54, 1.807) is 12.3 Å². The molecule has 1 unspecified atom stereocenters. The molecule has 0 aliphatic carbocycles. The Kier molecular flexibility index (Phi) is 4.50. The molecule has 0 aliphatic rings. The van der Waals surface area contributed by atoms with Crippen molar-refractivity contribution in [2.75, 3.05) is 5.32 Å². The normalized spacial score (nSPS) is 12.2. The van der Waals surface area contributed by atoms with Crippen molar-refractivity contribution in [3.05, 3.63) is 48.2 Å². The lowest BCUT2D eigenvalue weighted by molar-refractivity contribution is 0.234. The van der Waals surface area contributed by atoms with Gasteiger partial charge in [-0.15, -0.1) is 0 Å². The van der Waals surface area contributed by atoms with Crippen LogP contribution < -0.4 is 10.1 Å². The number of hydrogen-bond donors (Lipinski definition) is 1. The average molecular weight is 275 g/mol. The SMILES string of the molecule is CC(C)Oc1ncccc1NC(C)c1ccc(F)cn1. The van der Waals surface area contributed by atoms with Crippen molar-refractivity contribution in [2.45, 2.75) is 32.9 Å². The van der Waals surface area contributed by atoms with E-state index in [2.05, 4.69) is 15.3 Å². The summed E-state index contributed by atoms with van der Waals surface area (Å²) < 4.78 is 18.5. The Morgan fingerprint density at radius 1 is 1.15 bits per heavy atom. The molecule has 0 saturated heterocycles. The molecule has 0 spiro atoms. The van der Waals surface area contributed by atoms with Crippen molar-refractivity contribution in [1.82, 2.24) is 9.97 Å². The maximum atomic E-state index is 12.9. The zero-order chi connectivity index (χ0) is 14.5. The first-order valence-electron chi connectivity index (χ1n) is 6.56. The van der Waals surface area contributed by atoms with Crippen molar-refractivity contribution in [2.24, 2.45) is 0 Å². The molecule has 2 aromatic rings. The first kappa shape index (κ1) is 14.2. The molecule has 0 aliphatic heterocycles. The Morgan fingerprint density at radius 2 is 1.95 bits per heavy atom. The van der Waals surface area contributed by atoms with Crippen LogP contribution in [0.3, 0.4) is 0 Å². The number of halogens is 1. The Morgan fingerprint density at radius 3 is 2.60 bits per heavy atom. The molecular weight excluding hydrogens is 257 g/mol. The minimum atomic E-state index is -0.342. The lowest BCUT2D eigenvalue weighted by Crippen LogP contribution is -2.13. The molecule has 4 nitrogen and oxygen atoms in total. The summed E-state index contributed by atoms with van der Waals surface area (Å²) in [6.07, 6.45) is 2.94. The lowest BCUT2D eigenvalue weighted by atomic mass is 10.2. The maximum Gasteiger partial charge on any atom is 0.237 e. The van der Waals surface area contributed by atoms with Crippen LogP contribution in [-0.4, -0.2) is 16.1 Å². The van der Waals surface area contributed by atoms with Gasteiger partial charge in [-0.05, 0) is 45.0 Å². The summed E-state index contributed by atoms with van der Waals surface area (Å²) >= 11 is 0. The maximum absolute atomic E-state index is 12.9. The van der Waals surface area contributed by atoms with E-state index in [-0.39, 0.29) is 18.0 Å². The topological polar surface area (TPSA) is 47.0 Å². The van der Waals surface area contributed by atoms with Crippen molar-refractivity contribution < 1.29 is 9.13 Å². The molecule has 2 aromatic heterocycles. The molecule has 2 heterocycles. The third kappa shape index (κ3) is 3.66. The summed E-state index contributed by atoms with van der Waals surface area (Å²) in [5.74, 6) is 0.211. The van der Waals surface area contributed by atoms with Gasteiger partial charge in [-0.3, -0.25) is 4.98 Å². The van der Waals surface area contributed by atoms with E-state index in [4.69, 9.17) is 4.74 Å². The van der Waals surface area contributed by atoms with E-state index < -0.39 is 0 Å². The molecule has 20 heavy (non-hydrogen) atoms. The molecule has 0 saturated carbocycles. The molecule has 0 bridgehead atoms. The second-order valence-corrected chi connectivity index (χ2v) is 4.79. The number of anilines is 1. The van der Waals surface area contributed by atoms with E-state index in [0.717, 1.165) is 11.4 Å². The van der Waals surface area contributed by atoms with E-state index in [0.29, 0.717) is 5.88 Å². The van der Waals surface area contributed by atoms with Crippen LogP contribution in [0.5, 0.6) is 5.88 Å². The fourth-order valence-electron chi connectivity index (χ4n) is 1.77. The van der Waals surface area contributed by atoms with Crippen molar-refractivity contribution in [3.8, 4) is 5.88 Å². The molecule has 5 heteroatoms. The van der Waals surface area contributed by atoms with Gasteiger partial charge in [0, 0.05) is 6.20 Å². The largest absolute Gasteiger partial charge is 0.473 e. The lowest BCUT2D eigenvalue weighted by Gasteiger charge is -2.18. The molecule has 106 valence electrons. The van der Waals surface area contributed by atoms with E-state index >= 15 is 0 Å². The highest BCUT2D eigenvalue weighted by molar-refractivity contribution is 5.53. The fourth-order valence-corrected chi connectivity index (χ4v) is 1.77. The Balaban J connectivity index is 2.15. The van der Waals surface area contributed by atoms with Crippen LogP contribution in [-0.2, 0) is 0 Å². The van der Waals surface area contributed by atoms with Crippen LogP contribution in [0.1, 0.15) is 32.5 Å². The van der Waals surface area contributed by atoms with Gasteiger partial charge in [0.2, 0.25) is 5.88 Å². The van der Waals surface area contributed by atoms with Gasteiger partial charge in [0.15, 0.2) is 0 Å². The Labute approximate surface area is 118 Å². The fraction of sp³-hybridized carbons (Fsp3) is 0.333. The Bertz CT molecular complexity index is 557. The predicted molar refractivity (Wildman–Crippen MR) is 76.2 cm³/mol. The van der Waals surface area contributed by atoms with Crippen LogP contribution >= 0.6 is 0 Å². The van der Waals surface area contributed by atoms with Gasteiger partial charge in [0.25, 0.3) is 0 Å². The van der Waals surface area contributed by atoms with Gasteiger partial charge >= 0.3 is 0 Å². The molecule has 2 rings (SSSR count). The van der Waals surface area contributed by atoms with Crippen LogP contribution in [0, 0.1) is 5.82 Å². The molecular formula is C15H18FN3O. The number of aromatic nitrogens is 2. The average Bonchev–Trinajstić information content (AvgIpc) is 2.41. The Hall–Kier alpha value is -2.17. The number of hydrogen-bond acceptors (Lipinski definition) is 4. The molecule has 0 aromatic carbocycles. The van der Waals surface area contributed by atoms with Gasteiger partial charge in [-0.25, -0.2) is 9.37 Å². The molecule has 0 fully saturated rings.